The summed E-state index contributed by atoms with van der Waals surface area (Å²) < 4.78 is 33.5. The summed E-state index contributed by atoms with van der Waals surface area (Å²) in [5, 5.41) is 3.82. The van der Waals surface area contributed by atoms with Gasteiger partial charge in [0.15, 0.2) is 9.84 Å². The molecule has 0 saturated carbocycles. The average Bonchev–Trinajstić information content (AvgIpc) is 2.87. The maximum absolute atomic E-state index is 11.5. The Morgan fingerprint density at radius 3 is 2.70 bits per heavy atom. The van der Waals surface area contributed by atoms with E-state index in [1.165, 1.54) is 0 Å². The minimum Gasteiger partial charge on any atom is -0.493 e. The molecule has 1 aromatic carbocycles. The first kappa shape index (κ1) is 14.5. The van der Waals surface area contributed by atoms with Gasteiger partial charge in [-0.3, -0.25) is 0 Å². The Hall–Kier alpha value is -1.89. The molecule has 0 atom stereocenters. The molecule has 0 fully saturated rings. The lowest BCUT2D eigenvalue weighted by atomic mass is 10.2. The van der Waals surface area contributed by atoms with Gasteiger partial charge < -0.3 is 9.26 Å². The van der Waals surface area contributed by atoms with Crippen molar-refractivity contribution in [1.82, 2.24) is 10.1 Å². The van der Waals surface area contributed by atoms with Crippen LogP contribution in [0.4, 0.5) is 0 Å². The number of rotatable bonds is 6. The topological polar surface area (TPSA) is 82.3 Å². The lowest BCUT2D eigenvalue weighted by Crippen LogP contribution is -2.06. The smallest absolute Gasteiger partial charge is 0.242 e. The normalized spacial score (nSPS) is 11.5. The summed E-state index contributed by atoms with van der Waals surface area (Å²) in [4.78, 5) is 4.12. The molecule has 0 saturated heterocycles. The first-order valence-electron chi connectivity index (χ1n) is 6.31. The van der Waals surface area contributed by atoms with Crippen LogP contribution >= 0.6 is 0 Å². The summed E-state index contributed by atoms with van der Waals surface area (Å²) in [6.07, 6.45) is 0. The van der Waals surface area contributed by atoms with Gasteiger partial charge in [-0.25, -0.2) is 8.42 Å². The number of benzene rings is 1. The van der Waals surface area contributed by atoms with Gasteiger partial charge in [-0.2, -0.15) is 4.98 Å². The predicted molar refractivity (Wildman–Crippen MR) is 74.1 cm³/mol. The molecule has 0 unspecified atom stereocenters. The van der Waals surface area contributed by atoms with Crippen LogP contribution in [0.15, 0.2) is 28.8 Å². The number of nitrogens with zero attached hydrogens (tertiary/aromatic N) is 2. The highest BCUT2D eigenvalue weighted by Gasteiger charge is 2.17. The summed E-state index contributed by atoms with van der Waals surface area (Å²) in [5.74, 6) is 0.859. The average molecular weight is 296 g/mol. The third-order valence-corrected chi connectivity index (χ3v) is 4.25. The lowest BCUT2D eigenvalue weighted by molar-refractivity contribution is 0.341. The maximum atomic E-state index is 11.5. The van der Waals surface area contributed by atoms with E-state index in [9.17, 15) is 8.42 Å². The second kappa shape index (κ2) is 6.04. The van der Waals surface area contributed by atoms with Crippen LogP contribution in [0, 0.1) is 0 Å². The van der Waals surface area contributed by atoms with Crippen LogP contribution < -0.4 is 4.74 Å². The van der Waals surface area contributed by atoms with Gasteiger partial charge in [0.05, 0.1) is 12.2 Å². The van der Waals surface area contributed by atoms with E-state index in [-0.39, 0.29) is 17.4 Å². The SMILES string of the molecule is CCOc1ccccc1-c1noc(CS(=O)(=O)CC)n1. The Kier molecular flexibility index (Phi) is 4.39. The summed E-state index contributed by atoms with van der Waals surface area (Å²) in [7, 11) is -3.19. The number of hydrogen-bond donors (Lipinski definition) is 0. The molecule has 0 aliphatic rings. The number of hydrogen-bond acceptors (Lipinski definition) is 6. The van der Waals surface area contributed by atoms with Gasteiger partial charge in [0.25, 0.3) is 0 Å². The van der Waals surface area contributed by atoms with Crippen molar-refractivity contribution in [2.24, 2.45) is 0 Å². The molecule has 0 amide bonds. The maximum Gasteiger partial charge on any atom is 0.242 e. The molecule has 20 heavy (non-hydrogen) atoms. The Morgan fingerprint density at radius 2 is 2.00 bits per heavy atom. The highest BCUT2D eigenvalue weighted by Crippen LogP contribution is 2.27. The summed E-state index contributed by atoms with van der Waals surface area (Å²) >= 11 is 0. The van der Waals surface area contributed by atoms with E-state index >= 15 is 0 Å². The van der Waals surface area contributed by atoms with Crippen LogP contribution in [0.25, 0.3) is 11.4 Å². The van der Waals surface area contributed by atoms with Gasteiger partial charge in [-0.05, 0) is 19.1 Å². The summed E-state index contributed by atoms with van der Waals surface area (Å²) in [6, 6.07) is 7.28. The number of ether oxygens (including phenoxy) is 1. The number of para-hydroxylation sites is 1. The molecule has 0 bridgehead atoms. The molecule has 1 aromatic heterocycles. The molecule has 7 heteroatoms. The molecule has 0 radical (unpaired) electrons. The number of sulfone groups is 1. The minimum absolute atomic E-state index is 0.0419. The third kappa shape index (κ3) is 3.36. The quantitative estimate of drug-likeness (QED) is 0.811. The van der Waals surface area contributed by atoms with E-state index in [0.29, 0.717) is 23.7 Å². The number of aromatic nitrogens is 2. The van der Waals surface area contributed by atoms with Gasteiger partial charge in [-0.15, -0.1) is 0 Å². The molecule has 0 aliphatic carbocycles. The van der Waals surface area contributed by atoms with Crippen molar-refractivity contribution in [3.8, 4) is 17.1 Å². The van der Waals surface area contributed by atoms with Gasteiger partial charge in [0, 0.05) is 5.75 Å². The highest BCUT2D eigenvalue weighted by atomic mass is 32.2. The molecule has 2 aromatic rings. The first-order valence-corrected chi connectivity index (χ1v) is 8.13. The standard InChI is InChI=1S/C13H16N2O4S/c1-3-18-11-8-6-5-7-10(11)13-14-12(19-15-13)9-20(16,17)4-2/h5-8H,3-4,9H2,1-2H3. The van der Waals surface area contributed by atoms with Crippen molar-refractivity contribution in [3.05, 3.63) is 30.2 Å². The van der Waals surface area contributed by atoms with Crippen LogP contribution in [0.1, 0.15) is 19.7 Å². The Labute approximate surface area is 117 Å². The molecule has 0 N–H and O–H groups in total. The van der Waals surface area contributed by atoms with E-state index in [0.717, 1.165) is 0 Å². The molecule has 6 nitrogen and oxygen atoms in total. The van der Waals surface area contributed by atoms with Crippen molar-refractivity contribution in [2.45, 2.75) is 19.6 Å². The van der Waals surface area contributed by atoms with Crippen LogP contribution in [-0.2, 0) is 15.6 Å². The van der Waals surface area contributed by atoms with Crippen LogP contribution in [0.3, 0.4) is 0 Å². The van der Waals surface area contributed by atoms with Crippen molar-refractivity contribution >= 4 is 9.84 Å². The van der Waals surface area contributed by atoms with Crippen molar-refractivity contribution in [2.75, 3.05) is 12.4 Å². The van der Waals surface area contributed by atoms with E-state index in [2.05, 4.69) is 10.1 Å². The van der Waals surface area contributed by atoms with Gasteiger partial charge in [-0.1, -0.05) is 24.2 Å². The Bertz CT molecular complexity index is 679. The first-order chi connectivity index (χ1) is 9.55. The van der Waals surface area contributed by atoms with Gasteiger partial charge in [0.1, 0.15) is 11.5 Å². The van der Waals surface area contributed by atoms with Crippen molar-refractivity contribution in [1.29, 1.82) is 0 Å². The third-order valence-electron chi connectivity index (χ3n) is 2.68. The molecule has 0 spiro atoms. The monoisotopic (exact) mass is 296 g/mol. The molecule has 1 heterocycles. The fourth-order valence-electron chi connectivity index (χ4n) is 1.65. The van der Waals surface area contributed by atoms with Crippen LogP contribution in [0.5, 0.6) is 5.75 Å². The molecular weight excluding hydrogens is 280 g/mol. The van der Waals surface area contributed by atoms with E-state index in [1.54, 1.807) is 19.1 Å². The predicted octanol–water partition coefficient (Wildman–Crippen LogP) is 2.07. The second-order valence-electron chi connectivity index (χ2n) is 4.12. The van der Waals surface area contributed by atoms with Gasteiger partial charge >= 0.3 is 0 Å². The fourth-order valence-corrected chi connectivity index (χ4v) is 2.34. The zero-order valence-corrected chi connectivity index (χ0v) is 12.2. The molecular formula is C13H16N2O4S. The molecule has 2 rings (SSSR count). The summed E-state index contributed by atoms with van der Waals surface area (Å²) in [5.41, 5.74) is 0.679. The zero-order chi connectivity index (χ0) is 14.6. The summed E-state index contributed by atoms with van der Waals surface area (Å²) in [6.45, 7) is 3.98. The van der Waals surface area contributed by atoms with E-state index in [1.807, 2.05) is 19.1 Å². The molecule has 108 valence electrons. The largest absolute Gasteiger partial charge is 0.493 e. The fraction of sp³-hybridized carbons (Fsp3) is 0.385. The van der Waals surface area contributed by atoms with Crippen LogP contribution in [-0.4, -0.2) is 30.9 Å². The minimum atomic E-state index is -3.19. The Morgan fingerprint density at radius 1 is 1.25 bits per heavy atom. The van der Waals surface area contributed by atoms with Crippen molar-refractivity contribution in [3.63, 3.8) is 0 Å². The van der Waals surface area contributed by atoms with Crippen LogP contribution in [0.2, 0.25) is 0 Å². The molecule has 0 aliphatic heterocycles. The second-order valence-corrected chi connectivity index (χ2v) is 6.47. The van der Waals surface area contributed by atoms with Crippen molar-refractivity contribution < 1.29 is 17.7 Å². The van der Waals surface area contributed by atoms with Gasteiger partial charge in [0.2, 0.25) is 11.7 Å². The zero-order valence-electron chi connectivity index (χ0n) is 11.4. The highest BCUT2D eigenvalue weighted by molar-refractivity contribution is 7.90. The van der Waals surface area contributed by atoms with E-state index in [4.69, 9.17) is 9.26 Å². The Balaban J connectivity index is 2.29. The van der Waals surface area contributed by atoms with E-state index < -0.39 is 9.84 Å². The lowest BCUT2D eigenvalue weighted by Gasteiger charge is -2.05.